The summed E-state index contributed by atoms with van der Waals surface area (Å²) in [6.07, 6.45) is 4.89. The van der Waals surface area contributed by atoms with Gasteiger partial charge in [0, 0.05) is 19.1 Å². The number of carbonyl (C=O) groups is 1. The highest BCUT2D eigenvalue weighted by Crippen LogP contribution is 2.23. The van der Waals surface area contributed by atoms with E-state index in [1.54, 1.807) is 0 Å². The van der Waals surface area contributed by atoms with Gasteiger partial charge in [-0.2, -0.15) is 0 Å². The molecule has 0 N–H and O–H groups in total. The molecule has 5 nitrogen and oxygen atoms in total. The fourth-order valence-electron chi connectivity index (χ4n) is 2.48. The lowest BCUT2D eigenvalue weighted by Crippen LogP contribution is -2.43. The van der Waals surface area contributed by atoms with Crippen LogP contribution in [0.4, 0.5) is 0 Å². The molecule has 1 aliphatic heterocycles. The van der Waals surface area contributed by atoms with Crippen LogP contribution in [0.15, 0.2) is 17.0 Å². The van der Waals surface area contributed by atoms with Crippen LogP contribution in [0.3, 0.4) is 0 Å². The molecule has 0 radical (unpaired) electrons. The number of amides is 1. The third kappa shape index (κ3) is 2.72. The third-order valence-electron chi connectivity index (χ3n) is 3.97. The normalized spacial score (nSPS) is 19.2. The average molecular weight is 251 g/mol. The zero-order valence-corrected chi connectivity index (χ0v) is 11.3. The van der Waals surface area contributed by atoms with Gasteiger partial charge in [-0.1, -0.05) is 0 Å². The van der Waals surface area contributed by atoms with Crippen LogP contribution < -0.4 is 0 Å². The quantitative estimate of drug-likeness (QED) is 0.816. The monoisotopic (exact) mass is 251 g/mol. The number of rotatable bonds is 3. The second kappa shape index (κ2) is 5.52. The van der Waals surface area contributed by atoms with Gasteiger partial charge in [-0.05, 0) is 39.8 Å². The van der Waals surface area contributed by atoms with Crippen molar-refractivity contribution in [3.63, 3.8) is 0 Å². The summed E-state index contributed by atoms with van der Waals surface area (Å²) in [6, 6.07) is 0.563. The predicted octanol–water partition coefficient (Wildman–Crippen LogP) is 1.48. The van der Waals surface area contributed by atoms with E-state index >= 15 is 0 Å². The Hall–Kier alpha value is -1.36. The van der Waals surface area contributed by atoms with E-state index in [0.29, 0.717) is 17.7 Å². The van der Waals surface area contributed by atoms with Crippen LogP contribution in [0.1, 0.15) is 30.3 Å². The van der Waals surface area contributed by atoms with E-state index in [4.69, 9.17) is 4.42 Å². The van der Waals surface area contributed by atoms with Gasteiger partial charge in [0.05, 0.1) is 6.20 Å². The Morgan fingerprint density at radius 1 is 1.50 bits per heavy atom. The number of nitrogens with zero attached hydrogens (tertiary/aromatic N) is 3. The topological polar surface area (TPSA) is 49.6 Å². The van der Waals surface area contributed by atoms with E-state index in [1.165, 1.54) is 12.6 Å². The largest absolute Gasteiger partial charge is 0.438 e. The molecule has 0 saturated carbocycles. The highest BCUT2D eigenvalue weighted by molar-refractivity contribution is 5.91. The number of likely N-dealkylation sites (tertiary alicyclic amines) is 1. The van der Waals surface area contributed by atoms with E-state index in [1.807, 2.05) is 4.90 Å². The molecule has 0 unspecified atom stereocenters. The molecule has 1 atom stereocenters. The van der Waals surface area contributed by atoms with E-state index in [9.17, 15) is 4.79 Å². The van der Waals surface area contributed by atoms with Crippen molar-refractivity contribution in [2.24, 2.45) is 5.92 Å². The second-order valence-electron chi connectivity index (χ2n) is 5.20. The summed E-state index contributed by atoms with van der Waals surface area (Å²) in [4.78, 5) is 19.9. The molecule has 2 rings (SSSR count). The first kappa shape index (κ1) is 13.1. The zero-order valence-electron chi connectivity index (χ0n) is 11.3. The van der Waals surface area contributed by atoms with Gasteiger partial charge in [0.25, 0.3) is 5.91 Å². The summed E-state index contributed by atoms with van der Waals surface area (Å²) in [5, 5.41) is 0. The number of oxazole rings is 1. The first-order valence-corrected chi connectivity index (χ1v) is 6.43. The number of aromatic nitrogens is 1. The van der Waals surface area contributed by atoms with E-state index in [-0.39, 0.29) is 5.91 Å². The lowest BCUT2D eigenvalue weighted by atomic mass is 9.89. The summed E-state index contributed by atoms with van der Waals surface area (Å²) in [5.41, 5.74) is 0. The average Bonchev–Trinajstić information content (AvgIpc) is 2.91. The van der Waals surface area contributed by atoms with Crippen LogP contribution in [0, 0.1) is 5.92 Å². The van der Waals surface area contributed by atoms with Crippen molar-refractivity contribution in [2.75, 3.05) is 27.2 Å². The van der Waals surface area contributed by atoms with Gasteiger partial charge in [-0.15, -0.1) is 0 Å². The summed E-state index contributed by atoms with van der Waals surface area (Å²) in [7, 11) is 4.22. The van der Waals surface area contributed by atoms with E-state index < -0.39 is 0 Å². The van der Waals surface area contributed by atoms with Crippen molar-refractivity contribution in [2.45, 2.75) is 25.8 Å². The fourth-order valence-corrected chi connectivity index (χ4v) is 2.48. The minimum absolute atomic E-state index is 0.0385. The SMILES string of the molecule is C[C@H](C1CCN(C(=O)c2cnco2)CC1)N(C)C. The maximum atomic E-state index is 12.1. The van der Waals surface area contributed by atoms with Gasteiger partial charge in [-0.25, -0.2) is 4.98 Å². The van der Waals surface area contributed by atoms with Gasteiger partial charge >= 0.3 is 0 Å². The van der Waals surface area contributed by atoms with Gasteiger partial charge in [0.15, 0.2) is 6.39 Å². The van der Waals surface area contributed by atoms with Crippen LogP contribution in [0.5, 0.6) is 0 Å². The molecule has 100 valence electrons. The van der Waals surface area contributed by atoms with Crippen molar-refractivity contribution in [1.29, 1.82) is 0 Å². The lowest BCUT2D eigenvalue weighted by Gasteiger charge is -2.36. The lowest BCUT2D eigenvalue weighted by molar-refractivity contribution is 0.0610. The molecular weight excluding hydrogens is 230 g/mol. The molecule has 1 saturated heterocycles. The first-order valence-electron chi connectivity index (χ1n) is 6.43. The third-order valence-corrected chi connectivity index (χ3v) is 3.97. The molecule has 18 heavy (non-hydrogen) atoms. The molecule has 1 aromatic heterocycles. The second-order valence-corrected chi connectivity index (χ2v) is 5.20. The minimum Gasteiger partial charge on any atom is -0.438 e. The molecule has 1 aromatic rings. The molecule has 5 heteroatoms. The molecular formula is C13H21N3O2. The van der Waals surface area contributed by atoms with Gasteiger partial charge < -0.3 is 14.2 Å². The Kier molecular flexibility index (Phi) is 4.01. The Bertz CT molecular complexity index is 381. The number of hydrogen-bond donors (Lipinski definition) is 0. The van der Waals surface area contributed by atoms with Crippen LogP contribution in [-0.4, -0.2) is 53.9 Å². The molecule has 1 amide bonds. The smallest absolute Gasteiger partial charge is 0.291 e. The fraction of sp³-hybridized carbons (Fsp3) is 0.692. The molecule has 0 bridgehead atoms. The first-order chi connectivity index (χ1) is 8.59. The number of piperidine rings is 1. The standard InChI is InChI=1S/C13H21N3O2/c1-10(15(2)3)11-4-6-16(7-5-11)13(17)12-8-14-9-18-12/h8-11H,4-7H2,1-3H3/t10-/m1/s1. The molecule has 1 fully saturated rings. The zero-order chi connectivity index (χ0) is 13.1. The summed E-state index contributed by atoms with van der Waals surface area (Å²) < 4.78 is 5.05. The Morgan fingerprint density at radius 3 is 2.67 bits per heavy atom. The predicted molar refractivity (Wildman–Crippen MR) is 68.3 cm³/mol. The van der Waals surface area contributed by atoms with Gasteiger partial charge in [0.2, 0.25) is 5.76 Å². The molecule has 0 spiro atoms. The molecule has 2 heterocycles. The maximum Gasteiger partial charge on any atom is 0.291 e. The van der Waals surface area contributed by atoms with E-state index in [0.717, 1.165) is 25.9 Å². The highest BCUT2D eigenvalue weighted by Gasteiger charge is 2.28. The summed E-state index contributed by atoms with van der Waals surface area (Å²) in [5.74, 6) is 0.969. The summed E-state index contributed by atoms with van der Waals surface area (Å²) >= 11 is 0. The van der Waals surface area contributed by atoms with E-state index in [2.05, 4.69) is 30.9 Å². The molecule has 0 aromatic carbocycles. The van der Waals surface area contributed by atoms with Crippen molar-refractivity contribution in [3.05, 3.63) is 18.4 Å². The van der Waals surface area contributed by atoms with Crippen molar-refractivity contribution in [3.8, 4) is 0 Å². The van der Waals surface area contributed by atoms with Gasteiger partial charge in [-0.3, -0.25) is 4.79 Å². The Balaban J connectivity index is 1.89. The van der Waals surface area contributed by atoms with Crippen LogP contribution in [0.2, 0.25) is 0 Å². The highest BCUT2D eigenvalue weighted by atomic mass is 16.3. The Morgan fingerprint density at radius 2 is 2.17 bits per heavy atom. The van der Waals surface area contributed by atoms with Crippen LogP contribution >= 0.6 is 0 Å². The number of carbonyl (C=O) groups excluding carboxylic acids is 1. The molecule has 1 aliphatic rings. The minimum atomic E-state index is -0.0385. The van der Waals surface area contributed by atoms with Crippen molar-refractivity contribution < 1.29 is 9.21 Å². The number of hydrogen-bond acceptors (Lipinski definition) is 4. The van der Waals surface area contributed by atoms with Gasteiger partial charge in [0.1, 0.15) is 0 Å². The maximum absolute atomic E-state index is 12.1. The van der Waals surface area contributed by atoms with Crippen LogP contribution in [0.25, 0.3) is 0 Å². The molecule has 0 aliphatic carbocycles. The summed E-state index contributed by atoms with van der Waals surface area (Å²) in [6.45, 7) is 3.86. The van der Waals surface area contributed by atoms with Crippen LogP contribution in [-0.2, 0) is 0 Å². The van der Waals surface area contributed by atoms with Crippen molar-refractivity contribution >= 4 is 5.91 Å². The van der Waals surface area contributed by atoms with Crippen molar-refractivity contribution in [1.82, 2.24) is 14.8 Å². The Labute approximate surface area is 108 Å².